The van der Waals surface area contributed by atoms with Crippen LogP contribution in [0.15, 0.2) is 47.4 Å². The third-order valence-electron chi connectivity index (χ3n) is 4.42. The maximum Gasteiger partial charge on any atom is 0.338 e. The lowest BCUT2D eigenvalue weighted by molar-refractivity contribution is 0.0526. The van der Waals surface area contributed by atoms with Gasteiger partial charge in [-0.2, -0.15) is 0 Å². The average Bonchev–Trinajstić information content (AvgIpc) is 2.67. The number of nitrogens with one attached hydrogen (secondary N) is 2. The molecule has 2 aromatic carbocycles. The molecule has 0 unspecified atom stereocenters. The maximum absolute atomic E-state index is 12.0. The van der Waals surface area contributed by atoms with Gasteiger partial charge in [-0.3, -0.25) is 0 Å². The summed E-state index contributed by atoms with van der Waals surface area (Å²) in [5, 5.41) is 6.79. The molecule has 0 amide bonds. The molecule has 0 bridgehead atoms. The number of ether oxygens (including phenoxy) is 1. The first kappa shape index (κ1) is 22.8. The predicted molar refractivity (Wildman–Crippen MR) is 119 cm³/mol. The lowest BCUT2D eigenvalue weighted by atomic mass is 10.1. The minimum absolute atomic E-state index is 0.0860. The van der Waals surface area contributed by atoms with E-state index in [4.69, 9.17) is 17.0 Å². The molecule has 0 aliphatic rings. The van der Waals surface area contributed by atoms with E-state index in [1.165, 1.54) is 6.26 Å². The molecule has 2 rings (SSSR count). The van der Waals surface area contributed by atoms with E-state index in [1.807, 2.05) is 19.9 Å². The molecule has 0 heterocycles. The minimum atomic E-state index is -3.23. The Morgan fingerprint density at radius 2 is 1.79 bits per heavy atom. The zero-order chi connectivity index (χ0) is 21.6. The van der Waals surface area contributed by atoms with Gasteiger partial charge in [-0.1, -0.05) is 25.1 Å². The van der Waals surface area contributed by atoms with Crippen LogP contribution in [0.4, 0.5) is 5.69 Å². The molecule has 0 fully saturated rings. The zero-order valence-electron chi connectivity index (χ0n) is 17.0. The SMILES string of the molecule is CCOC(=O)c1ccc(C)c(NC(=S)N[C@@H](CC)c2ccc(S(C)(=O)=O)cc2)c1. The Morgan fingerprint density at radius 3 is 2.34 bits per heavy atom. The van der Waals surface area contributed by atoms with Gasteiger partial charge in [0.25, 0.3) is 0 Å². The van der Waals surface area contributed by atoms with Gasteiger partial charge >= 0.3 is 5.97 Å². The first-order valence-corrected chi connectivity index (χ1v) is 11.6. The van der Waals surface area contributed by atoms with Crippen molar-refractivity contribution in [3.05, 3.63) is 59.2 Å². The Kier molecular flexibility index (Phi) is 7.75. The van der Waals surface area contributed by atoms with E-state index in [2.05, 4.69) is 10.6 Å². The van der Waals surface area contributed by atoms with E-state index in [-0.39, 0.29) is 16.9 Å². The van der Waals surface area contributed by atoms with Crippen LogP contribution in [-0.2, 0) is 14.6 Å². The normalized spacial score (nSPS) is 12.1. The van der Waals surface area contributed by atoms with Crippen LogP contribution in [0.1, 0.15) is 47.8 Å². The molecule has 2 N–H and O–H groups in total. The summed E-state index contributed by atoms with van der Waals surface area (Å²) in [7, 11) is -3.23. The van der Waals surface area contributed by atoms with Crippen molar-refractivity contribution >= 4 is 38.8 Å². The molecule has 1 atom stereocenters. The Labute approximate surface area is 177 Å². The fourth-order valence-corrected chi connectivity index (χ4v) is 3.67. The van der Waals surface area contributed by atoms with E-state index in [0.717, 1.165) is 23.2 Å². The van der Waals surface area contributed by atoms with Gasteiger partial charge in [-0.15, -0.1) is 0 Å². The maximum atomic E-state index is 12.0. The zero-order valence-corrected chi connectivity index (χ0v) is 18.6. The molecule has 0 aromatic heterocycles. The van der Waals surface area contributed by atoms with E-state index in [1.54, 1.807) is 43.3 Å². The number of carbonyl (C=O) groups excluding carboxylic acids is 1. The summed E-state index contributed by atoms with van der Waals surface area (Å²) in [6.45, 7) is 6.00. The highest BCUT2D eigenvalue weighted by molar-refractivity contribution is 7.90. The van der Waals surface area contributed by atoms with Crippen LogP contribution in [0.25, 0.3) is 0 Å². The van der Waals surface area contributed by atoms with Crippen LogP contribution in [0, 0.1) is 6.92 Å². The minimum Gasteiger partial charge on any atom is -0.462 e. The quantitative estimate of drug-likeness (QED) is 0.503. The summed E-state index contributed by atoms with van der Waals surface area (Å²) in [6, 6.07) is 11.9. The number of anilines is 1. The van der Waals surface area contributed by atoms with Crippen molar-refractivity contribution in [1.82, 2.24) is 5.32 Å². The van der Waals surface area contributed by atoms with Crippen molar-refractivity contribution in [1.29, 1.82) is 0 Å². The molecule has 0 spiro atoms. The van der Waals surface area contributed by atoms with Gasteiger partial charge < -0.3 is 15.4 Å². The van der Waals surface area contributed by atoms with Crippen LogP contribution in [0.2, 0.25) is 0 Å². The molecule has 0 aliphatic heterocycles. The number of esters is 1. The number of carbonyl (C=O) groups is 1. The lowest BCUT2D eigenvalue weighted by Gasteiger charge is -2.21. The van der Waals surface area contributed by atoms with Crippen LogP contribution in [0.5, 0.6) is 0 Å². The highest BCUT2D eigenvalue weighted by Crippen LogP contribution is 2.21. The Hall–Kier alpha value is -2.45. The van der Waals surface area contributed by atoms with E-state index in [9.17, 15) is 13.2 Å². The second kappa shape index (κ2) is 9.84. The van der Waals surface area contributed by atoms with Crippen molar-refractivity contribution in [2.75, 3.05) is 18.2 Å². The molecule has 0 saturated heterocycles. The standard InChI is InChI=1S/C21H26N2O4S2/c1-5-18(15-9-11-17(12-10-15)29(4,25)26)22-21(28)23-19-13-16(8-7-14(19)3)20(24)27-6-2/h7-13,18H,5-6H2,1-4H3,(H2,22,23,28)/t18-/m0/s1. The molecule has 156 valence electrons. The van der Waals surface area contributed by atoms with E-state index in [0.29, 0.717) is 17.3 Å². The molecule has 6 nitrogen and oxygen atoms in total. The van der Waals surface area contributed by atoms with Crippen LogP contribution < -0.4 is 10.6 Å². The first-order chi connectivity index (χ1) is 13.7. The highest BCUT2D eigenvalue weighted by atomic mass is 32.2. The van der Waals surface area contributed by atoms with Crippen molar-refractivity contribution in [2.45, 2.75) is 38.1 Å². The lowest BCUT2D eigenvalue weighted by Crippen LogP contribution is -2.32. The average molecular weight is 435 g/mol. The van der Waals surface area contributed by atoms with Gasteiger partial charge in [-0.05, 0) is 67.9 Å². The van der Waals surface area contributed by atoms with Crippen molar-refractivity contribution in [2.24, 2.45) is 0 Å². The third-order valence-corrected chi connectivity index (χ3v) is 5.77. The Morgan fingerprint density at radius 1 is 1.14 bits per heavy atom. The van der Waals surface area contributed by atoms with Gasteiger partial charge in [0, 0.05) is 11.9 Å². The summed E-state index contributed by atoms with van der Waals surface area (Å²) < 4.78 is 28.3. The molecule has 8 heteroatoms. The second-order valence-electron chi connectivity index (χ2n) is 6.65. The van der Waals surface area contributed by atoms with Gasteiger partial charge in [0.1, 0.15) is 0 Å². The molecule has 0 saturated carbocycles. The Bertz CT molecular complexity index is 986. The van der Waals surface area contributed by atoms with Gasteiger partial charge in [-0.25, -0.2) is 13.2 Å². The molecular weight excluding hydrogens is 408 g/mol. The number of hydrogen-bond donors (Lipinski definition) is 2. The van der Waals surface area contributed by atoms with Crippen LogP contribution >= 0.6 is 12.2 Å². The summed E-state index contributed by atoms with van der Waals surface area (Å²) in [6.07, 6.45) is 1.94. The fraction of sp³-hybridized carbons (Fsp3) is 0.333. The number of hydrogen-bond acceptors (Lipinski definition) is 5. The number of thiocarbonyl (C=S) groups is 1. The molecule has 2 aromatic rings. The fourth-order valence-electron chi connectivity index (χ4n) is 2.78. The molecule has 29 heavy (non-hydrogen) atoms. The van der Waals surface area contributed by atoms with E-state index >= 15 is 0 Å². The largest absolute Gasteiger partial charge is 0.462 e. The van der Waals surface area contributed by atoms with Crippen molar-refractivity contribution < 1.29 is 17.9 Å². The highest BCUT2D eigenvalue weighted by Gasteiger charge is 2.14. The summed E-state index contributed by atoms with van der Waals surface area (Å²) >= 11 is 5.45. The smallest absolute Gasteiger partial charge is 0.338 e. The number of aryl methyl sites for hydroxylation is 1. The Balaban J connectivity index is 2.12. The predicted octanol–water partition coefficient (Wildman–Crippen LogP) is 4.01. The number of rotatable bonds is 7. The second-order valence-corrected chi connectivity index (χ2v) is 9.07. The van der Waals surface area contributed by atoms with Crippen molar-refractivity contribution in [3.8, 4) is 0 Å². The molecular formula is C21H26N2O4S2. The van der Waals surface area contributed by atoms with Gasteiger partial charge in [0.15, 0.2) is 14.9 Å². The first-order valence-electron chi connectivity index (χ1n) is 9.31. The number of sulfone groups is 1. The topological polar surface area (TPSA) is 84.5 Å². The molecule has 0 radical (unpaired) electrons. The third kappa shape index (κ3) is 6.27. The van der Waals surface area contributed by atoms with Crippen molar-refractivity contribution in [3.63, 3.8) is 0 Å². The van der Waals surface area contributed by atoms with Crippen LogP contribution in [0.3, 0.4) is 0 Å². The summed E-state index contributed by atoms with van der Waals surface area (Å²) in [4.78, 5) is 12.2. The van der Waals surface area contributed by atoms with Gasteiger partial charge in [0.05, 0.1) is 23.1 Å². The summed E-state index contributed by atoms with van der Waals surface area (Å²) in [5.74, 6) is -0.383. The molecule has 0 aliphatic carbocycles. The summed E-state index contributed by atoms with van der Waals surface area (Å²) in [5.41, 5.74) is 3.04. The monoisotopic (exact) mass is 434 g/mol. The number of benzene rings is 2. The van der Waals surface area contributed by atoms with E-state index < -0.39 is 9.84 Å². The van der Waals surface area contributed by atoms with Gasteiger partial charge in [0.2, 0.25) is 0 Å². The van der Waals surface area contributed by atoms with Crippen LogP contribution in [-0.4, -0.2) is 32.4 Å².